The molecule has 1 unspecified atom stereocenters. The van der Waals surface area contributed by atoms with Gasteiger partial charge in [0.25, 0.3) is 5.91 Å². The molecule has 2 aliphatic rings. The van der Waals surface area contributed by atoms with E-state index in [2.05, 4.69) is 5.43 Å². The van der Waals surface area contributed by atoms with Crippen molar-refractivity contribution in [2.45, 2.75) is 32.2 Å². The van der Waals surface area contributed by atoms with Gasteiger partial charge in [-0.1, -0.05) is 0 Å². The molecule has 2 aliphatic heterocycles. The molecule has 0 radical (unpaired) electrons. The van der Waals surface area contributed by atoms with E-state index in [1.54, 1.807) is 24.3 Å². The third-order valence-electron chi connectivity index (χ3n) is 5.12. The van der Waals surface area contributed by atoms with Crippen molar-refractivity contribution in [3.63, 3.8) is 0 Å². The zero-order chi connectivity index (χ0) is 18.7. The number of carbonyl (C=O) groups excluding carboxylic acids is 3. The van der Waals surface area contributed by atoms with Gasteiger partial charge in [-0.05, 0) is 44.0 Å². The summed E-state index contributed by atoms with van der Waals surface area (Å²) in [5.74, 6) is 5.10. The number of likely N-dealkylation sites (tertiary alicyclic amines) is 1. The number of hydrogen-bond donors (Lipinski definition) is 3. The normalized spacial score (nSPS) is 26.1. The zero-order valence-corrected chi connectivity index (χ0v) is 14.9. The third-order valence-corrected chi connectivity index (χ3v) is 5.12. The molecule has 0 saturated carbocycles. The highest BCUT2D eigenvalue weighted by Gasteiger charge is 2.47. The van der Waals surface area contributed by atoms with Crippen LogP contribution in [0.4, 0.5) is 5.69 Å². The van der Waals surface area contributed by atoms with Gasteiger partial charge in [0, 0.05) is 0 Å². The molecule has 8 nitrogen and oxygen atoms in total. The van der Waals surface area contributed by atoms with Gasteiger partial charge in [0.2, 0.25) is 11.8 Å². The maximum absolute atomic E-state index is 12.9. The first-order valence-corrected chi connectivity index (χ1v) is 8.99. The van der Waals surface area contributed by atoms with Gasteiger partial charge in [-0.3, -0.25) is 19.8 Å². The molecule has 0 bridgehead atoms. The molecule has 1 aromatic carbocycles. The molecule has 3 amide bonds. The number of nitrogens with two attached hydrogens (primary N) is 1. The fraction of sp³-hybridized carbons (Fsp3) is 0.500. The number of amides is 3. The number of ether oxygens (including phenoxy) is 1. The molecule has 0 aliphatic carbocycles. The van der Waals surface area contributed by atoms with Crippen molar-refractivity contribution in [3.8, 4) is 5.75 Å². The Balaban J connectivity index is 1.73. The van der Waals surface area contributed by atoms with E-state index < -0.39 is 6.04 Å². The lowest BCUT2D eigenvalue weighted by Crippen LogP contribution is -3.18. The maximum atomic E-state index is 12.9. The van der Waals surface area contributed by atoms with Gasteiger partial charge in [-0.15, -0.1) is 0 Å². The van der Waals surface area contributed by atoms with Gasteiger partial charge in [-0.25, -0.2) is 10.7 Å². The lowest BCUT2D eigenvalue weighted by molar-refractivity contribution is -0.922. The molecular weight excluding hydrogens is 336 g/mol. The Kier molecular flexibility index (Phi) is 5.53. The molecule has 8 heteroatoms. The fourth-order valence-corrected chi connectivity index (χ4v) is 3.83. The number of carbonyl (C=O) groups is 3. The number of anilines is 1. The highest BCUT2D eigenvalue weighted by atomic mass is 16.5. The first kappa shape index (κ1) is 18.3. The summed E-state index contributed by atoms with van der Waals surface area (Å²) in [5.41, 5.74) is 2.74. The first-order chi connectivity index (χ1) is 12.5. The number of nitrogens with one attached hydrogen (secondary N) is 2. The summed E-state index contributed by atoms with van der Waals surface area (Å²) in [4.78, 5) is 39.4. The number of imide groups is 1. The van der Waals surface area contributed by atoms with Crippen LogP contribution in [0.3, 0.4) is 0 Å². The number of rotatable bonds is 5. The quantitative estimate of drug-likeness (QED) is 0.270. The average molecular weight is 361 g/mol. The summed E-state index contributed by atoms with van der Waals surface area (Å²) in [6.45, 7) is 3.74. The van der Waals surface area contributed by atoms with Crippen LogP contribution in [-0.2, 0) is 14.4 Å². The number of nitrogens with zero attached hydrogens (tertiary/aromatic N) is 1. The molecule has 2 saturated heterocycles. The highest BCUT2D eigenvalue weighted by molar-refractivity contribution is 6.21. The molecule has 26 heavy (non-hydrogen) atoms. The second-order valence-electron chi connectivity index (χ2n) is 6.71. The second kappa shape index (κ2) is 7.84. The molecule has 1 aromatic rings. The van der Waals surface area contributed by atoms with E-state index in [0.29, 0.717) is 24.6 Å². The van der Waals surface area contributed by atoms with Crippen LogP contribution in [-0.4, -0.2) is 43.5 Å². The number of hydrogen-bond acceptors (Lipinski definition) is 5. The van der Waals surface area contributed by atoms with Gasteiger partial charge in [0.05, 0.1) is 37.7 Å². The van der Waals surface area contributed by atoms with Crippen molar-refractivity contribution >= 4 is 23.4 Å². The van der Waals surface area contributed by atoms with Crippen LogP contribution in [0.15, 0.2) is 24.3 Å². The fourth-order valence-electron chi connectivity index (χ4n) is 3.83. The maximum Gasteiger partial charge on any atom is 0.292 e. The zero-order valence-electron chi connectivity index (χ0n) is 14.9. The number of quaternary nitrogens is 1. The number of piperidine rings is 1. The van der Waals surface area contributed by atoms with Gasteiger partial charge in [-0.2, -0.15) is 0 Å². The van der Waals surface area contributed by atoms with Crippen LogP contribution in [0.25, 0.3) is 0 Å². The van der Waals surface area contributed by atoms with Gasteiger partial charge >= 0.3 is 0 Å². The lowest BCUT2D eigenvalue weighted by Gasteiger charge is -2.31. The van der Waals surface area contributed by atoms with Crippen LogP contribution in [0, 0.1) is 5.92 Å². The topological polar surface area (TPSA) is 106 Å². The van der Waals surface area contributed by atoms with Crippen LogP contribution in [0.2, 0.25) is 0 Å². The Morgan fingerprint density at radius 3 is 2.73 bits per heavy atom. The SMILES string of the molecule is CCOc1ccc(N2C(=O)C[C@@H]([NH+]3CCC[C@@H](C(=O)NN)C3)C2=O)cc1. The largest absolute Gasteiger partial charge is 0.494 e. The summed E-state index contributed by atoms with van der Waals surface area (Å²) in [6, 6.07) is 6.51. The van der Waals surface area contributed by atoms with E-state index in [1.807, 2.05) is 6.92 Å². The Labute approximate surface area is 152 Å². The lowest BCUT2D eigenvalue weighted by atomic mass is 9.95. The van der Waals surface area contributed by atoms with Crippen molar-refractivity contribution in [1.82, 2.24) is 5.43 Å². The molecule has 0 aromatic heterocycles. The summed E-state index contributed by atoms with van der Waals surface area (Å²) >= 11 is 0. The number of benzene rings is 1. The predicted molar refractivity (Wildman–Crippen MR) is 94.3 cm³/mol. The van der Waals surface area contributed by atoms with E-state index in [4.69, 9.17) is 10.6 Å². The minimum atomic E-state index is -0.442. The average Bonchev–Trinajstić information content (AvgIpc) is 2.96. The van der Waals surface area contributed by atoms with E-state index >= 15 is 0 Å². The molecule has 3 atom stereocenters. The van der Waals surface area contributed by atoms with E-state index in [0.717, 1.165) is 24.3 Å². The Morgan fingerprint density at radius 2 is 2.08 bits per heavy atom. The van der Waals surface area contributed by atoms with E-state index in [9.17, 15) is 14.4 Å². The summed E-state index contributed by atoms with van der Waals surface area (Å²) in [7, 11) is 0. The number of hydrazine groups is 1. The van der Waals surface area contributed by atoms with Crippen molar-refractivity contribution in [2.24, 2.45) is 11.8 Å². The monoisotopic (exact) mass is 361 g/mol. The Bertz CT molecular complexity index is 691. The molecular formula is C18H25N4O4+. The van der Waals surface area contributed by atoms with E-state index in [1.165, 1.54) is 4.90 Å². The minimum absolute atomic E-state index is 0.165. The van der Waals surface area contributed by atoms with Crippen molar-refractivity contribution in [3.05, 3.63) is 24.3 Å². The smallest absolute Gasteiger partial charge is 0.292 e. The van der Waals surface area contributed by atoms with Crippen molar-refractivity contribution < 1.29 is 24.0 Å². The summed E-state index contributed by atoms with van der Waals surface area (Å²) in [5, 5.41) is 0. The van der Waals surface area contributed by atoms with Crippen LogP contribution >= 0.6 is 0 Å². The van der Waals surface area contributed by atoms with Gasteiger partial charge in [0.15, 0.2) is 6.04 Å². The standard InChI is InChI=1S/C18H24N4O4/c1-2-26-14-7-5-13(6-8-14)22-16(23)10-15(18(22)25)21-9-3-4-12(11-21)17(24)20-19/h5-8,12,15H,2-4,9-11,19H2,1H3,(H,20,24)/p+1/t12-,15-/m1/s1. The van der Waals surface area contributed by atoms with Crippen LogP contribution in [0.5, 0.6) is 5.75 Å². The molecule has 4 N–H and O–H groups in total. The minimum Gasteiger partial charge on any atom is -0.494 e. The van der Waals surface area contributed by atoms with Crippen molar-refractivity contribution in [2.75, 3.05) is 24.6 Å². The van der Waals surface area contributed by atoms with Gasteiger partial charge < -0.3 is 9.64 Å². The second-order valence-corrected chi connectivity index (χ2v) is 6.71. The summed E-state index contributed by atoms with van der Waals surface area (Å²) in [6.07, 6.45) is 1.75. The molecule has 2 fully saturated rings. The molecule has 2 heterocycles. The van der Waals surface area contributed by atoms with Crippen LogP contribution < -0.4 is 25.8 Å². The Hall–Kier alpha value is -2.45. The first-order valence-electron chi connectivity index (χ1n) is 8.99. The summed E-state index contributed by atoms with van der Waals surface area (Å²) < 4.78 is 5.40. The predicted octanol–water partition coefficient (Wildman–Crippen LogP) is -0.998. The molecule has 140 valence electrons. The van der Waals surface area contributed by atoms with E-state index in [-0.39, 0.29) is 30.1 Å². The van der Waals surface area contributed by atoms with Crippen LogP contribution in [0.1, 0.15) is 26.2 Å². The Morgan fingerprint density at radius 1 is 1.35 bits per heavy atom. The van der Waals surface area contributed by atoms with Gasteiger partial charge in [0.1, 0.15) is 5.75 Å². The molecule has 3 rings (SSSR count). The third kappa shape index (κ3) is 3.56. The van der Waals surface area contributed by atoms with Crippen molar-refractivity contribution in [1.29, 1.82) is 0 Å². The molecule has 0 spiro atoms. The highest BCUT2D eigenvalue weighted by Crippen LogP contribution is 2.25.